The zero-order valence-corrected chi connectivity index (χ0v) is 15.6. The van der Waals surface area contributed by atoms with Gasteiger partial charge in [0.15, 0.2) is 11.5 Å². The Bertz CT molecular complexity index is 1170. The maximum Gasteiger partial charge on any atom is 0.285 e. The second-order valence-corrected chi connectivity index (χ2v) is 8.45. The molecule has 0 saturated carbocycles. The van der Waals surface area contributed by atoms with Gasteiger partial charge in [-0.15, -0.1) is 11.0 Å². The van der Waals surface area contributed by atoms with E-state index in [0.717, 1.165) is 15.8 Å². The lowest BCUT2D eigenvalue weighted by atomic mass is 10.2. The molecule has 3 aromatic rings. The molecule has 1 aromatic heterocycles. The van der Waals surface area contributed by atoms with Crippen LogP contribution in [0.3, 0.4) is 0 Å². The van der Waals surface area contributed by atoms with Gasteiger partial charge in [0.2, 0.25) is 11.6 Å². The molecule has 0 radical (unpaired) electrons. The summed E-state index contributed by atoms with van der Waals surface area (Å²) in [6.45, 7) is 6.28. The lowest BCUT2D eigenvalue weighted by Gasteiger charge is -2.03. The number of sulfonamides is 1. The van der Waals surface area contributed by atoms with E-state index < -0.39 is 10.0 Å². The number of hydrogen-bond donors (Lipinski definition) is 0. The highest BCUT2D eigenvalue weighted by Gasteiger charge is 2.19. The number of aromatic nitrogens is 1. The third kappa shape index (κ3) is 2.91. The van der Waals surface area contributed by atoms with Crippen LogP contribution in [0.15, 0.2) is 58.3 Å². The van der Waals surface area contributed by atoms with Gasteiger partial charge < -0.3 is 14.0 Å². The summed E-state index contributed by atoms with van der Waals surface area (Å²) in [5.41, 5.74) is 1.82. The third-order valence-corrected chi connectivity index (χ3v) is 6.44. The van der Waals surface area contributed by atoms with Crippen molar-refractivity contribution in [1.82, 2.24) is 4.57 Å². The highest BCUT2D eigenvalue weighted by Crippen LogP contribution is 2.37. The van der Waals surface area contributed by atoms with Crippen LogP contribution in [0.5, 0.6) is 11.5 Å². The Kier molecular flexibility index (Phi) is 4.08. The summed E-state index contributed by atoms with van der Waals surface area (Å²) in [5, 5.41) is 0. The number of allylic oxidation sites excluding steroid dienone is 1. The zero-order valence-electron chi connectivity index (χ0n) is 14.0. The van der Waals surface area contributed by atoms with Crippen molar-refractivity contribution in [3.63, 3.8) is 0 Å². The van der Waals surface area contributed by atoms with E-state index in [4.69, 9.17) is 9.47 Å². The molecule has 2 aromatic carbocycles. The molecule has 6 nitrogen and oxygen atoms in total. The molecule has 0 bridgehead atoms. The molecule has 134 valence electrons. The van der Waals surface area contributed by atoms with E-state index in [1.165, 1.54) is 11.3 Å². The first-order valence-electron chi connectivity index (χ1n) is 7.89. The summed E-state index contributed by atoms with van der Waals surface area (Å²) < 4.78 is 43.0. The molecular formula is C18H16N2O4S2. The van der Waals surface area contributed by atoms with E-state index in [9.17, 15) is 8.42 Å². The molecule has 0 unspecified atom stereocenters. The molecule has 0 N–H and O–H groups in total. The van der Waals surface area contributed by atoms with Crippen molar-refractivity contribution < 1.29 is 17.9 Å². The Morgan fingerprint density at radius 2 is 1.92 bits per heavy atom. The molecule has 0 saturated heterocycles. The molecule has 1 aliphatic heterocycles. The van der Waals surface area contributed by atoms with Crippen LogP contribution in [-0.2, 0) is 16.6 Å². The number of ether oxygens (including phenoxy) is 2. The van der Waals surface area contributed by atoms with E-state index in [-0.39, 0.29) is 11.7 Å². The Labute approximate surface area is 154 Å². The fraction of sp³-hybridized carbons (Fsp3) is 0.167. The lowest BCUT2D eigenvalue weighted by molar-refractivity contribution is 0.174. The number of benzene rings is 2. The van der Waals surface area contributed by atoms with E-state index in [1.807, 2.05) is 19.1 Å². The Morgan fingerprint density at radius 1 is 1.23 bits per heavy atom. The van der Waals surface area contributed by atoms with Crippen molar-refractivity contribution >= 4 is 31.6 Å². The van der Waals surface area contributed by atoms with E-state index in [2.05, 4.69) is 11.0 Å². The highest BCUT2D eigenvalue weighted by atomic mass is 32.2. The van der Waals surface area contributed by atoms with Crippen LogP contribution in [0.25, 0.3) is 10.2 Å². The average Bonchev–Trinajstić information content (AvgIpc) is 3.18. The summed E-state index contributed by atoms with van der Waals surface area (Å²) in [6, 6.07) is 10.3. The summed E-state index contributed by atoms with van der Waals surface area (Å²) in [5.74, 6) is 1.29. The largest absolute Gasteiger partial charge is 0.454 e. The number of aryl methyl sites for hydroxylation is 1. The highest BCUT2D eigenvalue weighted by molar-refractivity contribution is 7.90. The quantitative estimate of drug-likeness (QED) is 0.644. The summed E-state index contributed by atoms with van der Waals surface area (Å²) in [7, 11) is -3.81. The smallest absolute Gasteiger partial charge is 0.285 e. The fourth-order valence-corrected chi connectivity index (χ4v) is 4.95. The van der Waals surface area contributed by atoms with Gasteiger partial charge in [-0.1, -0.05) is 35.1 Å². The minimum absolute atomic E-state index is 0.167. The van der Waals surface area contributed by atoms with Gasteiger partial charge in [0.25, 0.3) is 10.0 Å². The van der Waals surface area contributed by atoms with Gasteiger partial charge in [-0.25, -0.2) is 0 Å². The van der Waals surface area contributed by atoms with Gasteiger partial charge in [0.05, 0.1) is 15.1 Å². The molecule has 26 heavy (non-hydrogen) atoms. The van der Waals surface area contributed by atoms with Crippen LogP contribution in [-0.4, -0.2) is 19.8 Å². The zero-order chi connectivity index (χ0) is 18.3. The van der Waals surface area contributed by atoms with Gasteiger partial charge >= 0.3 is 0 Å². The average molecular weight is 388 g/mol. The summed E-state index contributed by atoms with van der Waals surface area (Å²) in [6.07, 6.45) is 1.70. The first-order valence-corrected chi connectivity index (χ1v) is 10.2. The van der Waals surface area contributed by atoms with Crippen LogP contribution >= 0.6 is 11.3 Å². The molecular weight excluding hydrogens is 372 g/mol. The lowest BCUT2D eigenvalue weighted by Crippen LogP contribution is -2.16. The van der Waals surface area contributed by atoms with Crippen LogP contribution in [0.1, 0.15) is 5.56 Å². The second kappa shape index (κ2) is 6.30. The molecule has 0 spiro atoms. The van der Waals surface area contributed by atoms with Gasteiger partial charge in [0, 0.05) is 18.7 Å². The number of fused-ring (bicyclic) bond motifs is 2. The van der Waals surface area contributed by atoms with Crippen molar-refractivity contribution in [2.75, 3.05) is 6.79 Å². The standard InChI is InChI=1S/C18H16N2O4S2/c1-3-8-20-14-9-15-16(24-11-23-15)10-17(14)25-18(20)19-26(21,22)13-6-4-12(2)5-7-13/h3-7,9-10H,1,8,11H2,2H3/b19-18-. The van der Waals surface area contributed by atoms with Gasteiger partial charge in [-0.2, -0.15) is 8.42 Å². The Morgan fingerprint density at radius 3 is 2.62 bits per heavy atom. The third-order valence-electron chi connectivity index (χ3n) is 4.01. The van der Waals surface area contributed by atoms with E-state index >= 15 is 0 Å². The van der Waals surface area contributed by atoms with Crippen LogP contribution in [0.4, 0.5) is 0 Å². The van der Waals surface area contributed by atoms with Crippen LogP contribution in [0, 0.1) is 6.92 Å². The van der Waals surface area contributed by atoms with E-state index in [0.29, 0.717) is 22.8 Å². The van der Waals surface area contributed by atoms with Crippen LogP contribution in [0.2, 0.25) is 0 Å². The first kappa shape index (κ1) is 16.9. The van der Waals surface area contributed by atoms with Crippen molar-refractivity contribution in [2.24, 2.45) is 4.40 Å². The maximum absolute atomic E-state index is 12.7. The Balaban J connectivity index is 1.92. The minimum Gasteiger partial charge on any atom is -0.454 e. The molecule has 1 aliphatic rings. The fourth-order valence-electron chi connectivity index (χ4n) is 2.70. The summed E-state index contributed by atoms with van der Waals surface area (Å²) in [4.78, 5) is 0.545. The molecule has 4 rings (SSSR count). The predicted octanol–water partition coefficient (Wildman–Crippen LogP) is 3.22. The van der Waals surface area contributed by atoms with Gasteiger partial charge in [-0.3, -0.25) is 0 Å². The predicted molar refractivity (Wildman–Crippen MR) is 100 cm³/mol. The monoisotopic (exact) mass is 388 g/mol. The molecule has 2 heterocycles. The number of thiazole rings is 1. The molecule has 0 amide bonds. The molecule has 8 heteroatoms. The number of hydrogen-bond acceptors (Lipinski definition) is 5. The number of nitrogens with zero attached hydrogens (tertiary/aromatic N) is 2. The van der Waals surface area contributed by atoms with Gasteiger partial charge in [-0.05, 0) is 19.1 Å². The number of rotatable bonds is 4. The summed E-state index contributed by atoms with van der Waals surface area (Å²) >= 11 is 1.29. The maximum atomic E-state index is 12.7. The molecule has 0 fully saturated rings. The second-order valence-electron chi connectivity index (χ2n) is 5.84. The first-order chi connectivity index (χ1) is 12.5. The van der Waals surface area contributed by atoms with E-state index in [1.54, 1.807) is 34.9 Å². The van der Waals surface area contributed by atoms with Crippen molar-refractivity contribution in [3.05, 3.63) is 59.4 Å². The van der Waals surface area contributed by atoms with Crippen molar-refractivity contribution in [1.29, 1.82) is 0 Å². The van der Waals surface area contributed by atoms with Crippen molar-refractivity contribution in [3.8, 4) is 11.5 Å². The topological polar surface area (TPSA) is 69.9 Å². The normalized spacial score (nSPS) is 14.1. The molecule has 0 aliphatic carbocycles. The SMILES string of the molecule is C=CCn1/c(=N/S(=O)(=O)c2ccc(C)cc2)sc2cc3c(cc21)OCO3. The van der Waals surface area contributed by atoms with Gasteiger partial charge in [0.1, 0.15) is 0 Å². The minimum atomic E-state index is -3.81. The van der Waals surface area contributed by atoms with Crippen LogP contribution < -0.4 is 14.3 Å². The Hall–Kier alpha value is -2.58. The van der Waals surface area contributed by atoms with Crippen molar-refractivity contribution in [2.45, 2.75) is 18.4 Å². The molecule has 0 atom stereocenters.